The monoisotopic (exact) mass is 279 g/mol. The molecule has 2 nitrogen and oxygen atoms in total. The highest BCUT2D eigenvalue weighted by molar-refractivity contribution is 5.27. The van der Waals surface area contributed by atoms with Crippen LogP contribution in [0.3, 0.4) is 0 Å². The van der Waals surface area contributed by atoms with Crippen molar-refractivity contribution in [1.29, 1.82) is 0 Å². The van der Waals surface area contributed by atoms with Crippen LogP contribution >= 0.6 is 0 Å². The summed E-state index contributed by atoms with van der Waals surface area (Å²) < 4.78 is 18.6. The van der Waals surface area contributed by atoms with Crippen molar-refractivity contribution >= 4 is 0 Å². The normalized spacial score (nSPS) is 19.0. The molecule has 1 heterocycles. The third-order valence-electron chi connectivity index (χ3n) is 4.53. The Labute approximate surface area is 121 Å². The highest BCUT2D eigenvalue weighted by atomic mass is 19.1. The first-order chi connectivity index (χ1) is 9.55. The smallest absolute Gasteiger partial charge is 0.123 e. The van der Waals surface area contributed by atoms with Crippen LogP contribution < -0.4 is 5.32 Å². The molecule has 0 aromatic heterocycles. The third-order valence-corrected chi connectivity index (χ3v) is 4.53. The van der Waals surface area contributed by atoms with Gasteiger partial charge in [0.15, 0.2) is 0 Å². The standard InChI is InChI=1S/C17H26FNO/c1-4-19-16(13-9-11-20-12-10-13)17(2,3)14-5-7-15(18)8-6-14/h5-8,13,16,19H,4,9-12H2,1-3H3. The van der Waals surface area contributed by atoms with Crippen LogP contribution in [0.15, 0.2) is 24.3 Å². The molecule has 1 N–H and O–H groups in total. The zero-order valence-corrected chi connectivity index (χ0v) is 12.8. The largest absolute Gasteiger partial charge is 0.381 e. The van der Waals surface area contributed by atoms with Crippen LogP contribution in [0.25, 0.3) is 0 Å². The highest BCUT2D eigenvalue weighted by Crippen LogP contribution is 2.35. The van der Waals surface area contributed by atoms with Crippen LogP contribution in [-0.2, 0) is 10.2 Å². The number of rotatable bonds is 5. The fourth-order valence-corrected chi connectivity index (χ4v) is 3.34. The lowest BCUT2D eigenvalue weighted by molar-refractivity contribution is 0.0432. The summed E-state index contributed by atoms with van der Waals surface area (Å²) in [5.74, 6) is 0.444. The Morgan fingerprint density at radius 3 is 2.40 bits per heavy atom. The molecule has 1 aromatic rings. The summed E-state index contributed by atoms with van der Waals surface area (Å²) in [4.78, 5) is 0. The molecule has 112 valence electrons. The van der Waals surface area contributed by atoms with E-state index in [9.17, 15) is 4.39 Å². The average Bonchev–Trinajstić information content (AvgIpc) is 2.46. The average molecular weight is 279 g/mol. The van der Waals surface area contributed by atoms with Gasteiger partial charge in [-0.1, -0.05) is 32.9 Å². The second-order valence-electron chi connectivity index (χ2n) is 6.21. The molecule has 1 fully saturated rings. The maximum Gasteiger partial charge on any atom is 0.123 e. The van der Waals surface area contributed by atoms with E-state index in [-0.39, 0.29) is 11.2 Å². The minimum Gasteiger partial charge on any atom is -0.381 e. The Hall–Kier alpha value is -0.930. The van der Waals surface area contributed by atoms with E-state index in [0.29, 0.717) is 12.0 Å². The number of hydrogen-bond acceptors (Lipinski definition) is 2. The van der Waals surface area contributed by atoms with Crippen molar-refractivity contribution in [3.05, 3.63) is 35.6 Å². The summed E-state index contributed by atoms with van der Waals surface area (Å²) in [6.07, 6.45) is 2.20. The molecule has 1 atom stereocenters. The van der Waals surface area contributed by atoms with Crippen LogP contribution in [0.2, 0.25) is 0 Å². The van der Waals surface area contributed by atoms with Crippen LogP contribution in [0.1, 0.15) is 39.2 Å². The van der Waals surface area contributed by atoms with E-state index in [1.807, 2.05) is 12.1 Å². The lowest BCUT2D eigenvalue weighted by Crippen LogP contribution is -2.51. The number of hydrogen-bond donors (Lipinski definition) is 1. The molecule has 1 unspecified atom stereocenters. The van der Waals surface area contributed by atoms with Gasteiger partial charge in [-0.25, -0.2) is 4.39 Å². The van der Waals surface area contributed by atoms with Gasteiger partial charge in [0, 0.05) is 24.7 Å². The summed E-state index contributed by atoms with van der Waals surface area (Å²) in [7, 11) is 0. The number of likely N-dealkylation sites (N-methyl/N-ethyl adjacent to an activating group) is 1. The summed E-state index contributed by atoms with van der Waals surface area (Å²) in [5.41, 5.74) is 1.17. The van der Waals surface area contributed by atoms with Gasteiger partial charge in [-0.3, -0.25) is 0 Å². The molecule has 2 rings (SSSR count). The molecule has 0 amide bonds. The minimum atomic E-state index is -0.171. The molecule has 3 heteroatoms. The number of ether oxygens (including phenoxy) is 1. The first-order valence-electron chi connectivity index (χ1n) is 7.63. The molecule has 0 radical (unpaired) electrons. The maximum absolute atomic E-state index is 13.1. The first-order valence-corrected chi connectivity index (χ1v) is 7.63. The third kappa shape index (κ3) is 3.39. The summed E-state index contributed by atoms with van der Waals surface area (Å²) in [6, 6.07) is 7.34. The van der Waals surface area contributed by atoms with Gasteiger partial charge in [0.05, 0.1) is 0 Å². The predicted molar refractivity (Wildman–Crippen MR) is 80.4 cm³/mol. The molecule has 1 aliphatic rings. The maximum atomic E-state index is 13.1. The Bertz CT molecular complexity index is 410. The van der Waals surface area contributed by atoms with Crippen molar-refractivity contribution in [2.75, 3.05) is 19.8 Å². The molecule has 1 saturated heterocycles. The molecule has 0 saturated carbocycles. The molecule has 1 aliphatic heterocycles. The molecule has 0 bridgehead atoms. The minimum absolute atomic E-state index is 0.0221. The van der Waals surface area contributed by atoms with Gasteiger partial charge in [0.25, 0.3) is 0 Å². The van der Waals surface area contributed by atoms with Gasteiger partial charge in [0.1, 0.15) is 5.82 Å². The molecule has 20 heavy (non-hydrogen) atoms. The Morgan fingerprint density at radius 2 is 1.85 bits per heavy atom. The zero-order chi connectivity index (χ0) is 14.6. The number of nitrogens with one attached hydrogen (secondary N) is 1. The Morgan fingerprint density at radius 1 is 1.25 bits per heavy atom. The molecule has 1 aromatic carbocycles. The van der Waals surface area contributed by atoms with Gasteiger partial charge in [-0.15, -0.1) is 0 Å². The molecule has 0 aliphatic carbocycles. The van der Waals surface area contributed by atoms with Crippen molar-refractivity contribution in [1.82, 2.24) is 5.32 Å². The van der Waals surface area contributed by atoms with Gasteiger partial charge >= 0.3 is 0 Å². The van der Waals surface area contributed by atoms with Gasteiger partial charge in [0.2, 0.25) is 0 Å². The van der Waals surface area contributed by atoms with Crippen LogP contribution in [-0.4, -0.2) is 25.8 Å². The fraction of sp³-hybridized carbons (Fsp3) is 0.647. The van der Waals surface area contributed by atoms with Gasteiger partial charge in [-0.2, -0.15) is 0 Å². The van der Waals surface area contributed by atoms with Gasteiger partial charge < -0.3 is 10.1 Å². The second-order valence-corrected chi connectivity index (χ2v) is 6.21. The second kappa shape index (κ2) is 6.68. The van der Waals surface area contributed by atoms with E-state index in [0.717, 1.165) is 32.6 Å². The van der Waals surface area contributed by atoms with Crippen molar-refractivity contribution < 1.29 is 9.13 Å². The fourth-order valence-electron chi connectivity index (χ4n) is 3.34. The SMILES string of the molecule is CCNC(C1CCOCC1)C(C)(C)c1ccc(F)cc1. The quantitative estimate of drug-likeness (QED) is 0.890. The van der Waals surface area contributed by atoms with E-state index < -0.39 is 0 Å². The van der Waals surface area contributed by atoms with E-state index >= 15 is 0 Å². The molecule has 0 spiro atoms. The number of benzene rings is 1. The lowest BCUT2D eigenvalue weighted by atomic mass is 9.70. The highest BCUT2D eigenvalue weighted by Gasteiger charge is 2.37. The zero-order valence-electron chi connectivity index (χ0n) is 12.8. The Kier molecular flexibility index (Phi) is 5.17. The summed E-state index contributed by atoms with van der Waals surface area (Å²) >= 11 is 0. The van der Waals surface area contributed by atoms with Crippen molar-refractivity contribution in [3.8, 4) is 0 Å². The molecular formula is C17H26FNO. The predicted octanol–water partition coefficient (Wildman–Crippen LogP) is 3.51. The topological polar surface area (TPSA) is 21.3 Å². The lowest BCUT2D eigenvalue weighted by Gasteiger charge is -2.42. The van der Waals surface area contributed by atoms with Crippen LogP contribution in [0.5, 0.6) is 0 Å². The van der Waals surface area contributed by atoms with E-state index in [2.05, 4.69) is 26.1 Å². The van der Waals surface area contributed by atoms with Crippen LogP contribution in [0.4, 0.5) is 4.39 Å². The van der Waals surface area contributed by atoms with Crippen LogP contribution in [0, 0.1) is 11.7 Å². The Balaban J connectivity index is 2.23. The molecular weight excluding hydrogens is 253 g/mol. The van der Waals surface area contributed by atoms with Crippen molar-refractivity contribution in [2.45, 2.75) is 45.1 Å². The van der Waals surface area contributed by atoms with Crippen molar-refractivity contribution in [2.24, 2.45) is 5.92 Å². The van der Waals surface area contributed by atoms with E-state index in [1.54, 1.807) is 12.1 Å². The number of halogens is 1. The van der Waals surface area contributed by atoms with Gasteiger partial charge in [-0.05, 0) is 43.0 Å². The van der Waals surface area contributed by atoms with Crippen molar-refractivity contribution in [3.63, 3.8) is 0 Å². The van der Waals surface area contributed by atoms with E-state index in [4.69, 9.17) is 4.74 Å². The summed E-state index contributed by atoms with van der Waals surface area (Å²) in [5, 5.41) is 3.66. The first kappa shape index (κ1) is 15.5. The van der Waals surface area contributed by atoms with E-state index in [1.165, 1.54) is 5.56 Å². The summed E-state index contributed by atoms with van der Waals surface area (Å²) in [6.45, 7) is 9.31.